The lowest BCUT2D eigenvalue weighted by molar-refractivity contribution is -0.140. The summed E-state index contributed by atoms with van der Waals surface area (Å²) < 4.78 is 10.6. The number of carbonyl (C=O) groups excluding carboxylic acids is 2. The van der Waals surface area contributed by atoms with Crippen molar-refractivity contribution in [2.45, 2.75) is 62.4 Å². The quantitative estimate of drug-likeness (QED) is 0.209. The maximum atomic E-state index is 13.1. The van der Waals surface area contributed by atoms with Crippen LogP contribution in [-0.2, 0) is 9.59 Å². The second-order valence-electron chi connectivity index (χ2n) is 9.88. The maximum absolute atomic E-state index is 13.1. The molecule has 2 amide bonds. The molecule has 12 heteroatoms. The third-order valence-corrected chi connectivity index (χ3v) is 8.15. The minimum atomic E-state index is -1.12. The van der Waals surface area contributed by atoms with Crippen LogP contribution in [0.25, 0.3) is 0 Å². The van der Waals surface area contributed by atoms with Crippen molar-refractivity contribution in [2.75, 3.05) is 14.2 Å². The van der Waals surface area contributed by atoms with Gasteiger partial charge in [0.25, 0.3) is 11.8 Å². The summed E-state index contributed by atoms with van der Waals surface area (Å²) in [6.45, 7) is 7.49. The van der Waals surface area contributed by atoms with E-state index in [2.05, 4.69) is 10.6 Å². The van der Waals surface area contributed by atoms with E-state index < -0.39 is 35.8 Å². The first-order valence-corrected chi connectivity index (χ1v) is 14.8. The number of benzene rings is 2. The molecule has 0 saturated heterocycles. The molecule has 2 aromatic rings. The molecule has 0 bridgehead atoms. The zero-order valence-corrected chi connectivity index (χ0v) is 25.0. The van der Waals surface area contributed by atoms with Crippen molar-refractivity contribution >= 4 is 45.3 Å². The van der Waals surface area contributed by atoms with Gasteiger partial charge in [0.05, 0.1) is 25.3 Å². The normalized spacial score (nSPS) is 12.5. The lowest BCUT2D eigenvalue weighted by Gasteiger charge is -2.19. The van der Waals surface area contributed by atoms with E-state index in [4.69, 9.17) is 9.47 Å². The number of carboxylic acids is 2. The summed E-state index contributed by atoms with van der Waals surface area (Å²) in [5.74, 6) is -2.27. The standard InChI is InChI=1S/C28H36N2O8S2/c1-15(2)11-21(27(33)34)29-25(31)19-9-7-17(37-5)13-23(19)39-40-24-14-18(38-6)8-10-20(24)26(32)30-22(28(35)36)12-16(3)4/h7-10,13-16,21-22H,11-12H2,1-6H3,(H,29,31)(H,30,32)(H,33,34)(H,35,36)/t21-,22-/m0/s1. The van der Waals surface area contributed by atoms with Crippen LogP contribution in [0.2, 0.25) is 0 Å². The van der Waals surface area contributed by atoms with Gasteiger partial charge < -0.3 is 30.3 Å². The average Bonchev–Trinajstić information content (AvgIpc) is 2.89. The molecule has 2 aromatic carbocycles. The summed E-state index contributed by atoms with van der Waals surface area (Å²) in [7, 11) is 5.31. The highest BCUT2D eigenvalue weighted by atomic mass is 33.1. The van der Waals surface area contributed by atoms with Crippen molar-refractivity contribution < 1.29 is 38.9 Å². The summed E-state index contributed by atoms with van der Waals surface area (Å²) in [6.07, 6.45) is 0.537. The van der Waals surface area contributed by atoms with E-state index in [1.54, 1.807) is 36.4 Å². The summed E-state index contributed by atoms with van der Waals surface area (Å²) >= 11 is 0. The Balaban J connectivity index is 2.38. The molecule has 10 nitrogen and oxygen atoms in total. The number of amides is 2. The van der Waals surface area contributed by atoms with Crippen LogP contribution in [0.3, 0.4) is 0 Å². The van der Waals surface area contributed by atoms with Crippen LogP contribution in [0.4, 0.5) is 0 Å². The van der Waals surface area contributed by atoms with E-state index in [0.29, 0.717) is 21.3 Å². The number of carbonyl (C=O) groups is 4. The summed E-state index contributed by atoms with van der Waals surface area (Å²) in [4.78, 5) is 50.7. The Kier molecular flexibility index (Phi) is 12.7. The molecular formula is C28H36N2O8S2. The first-order chi connectivity index (χ1) is 18.9. The van der Waals surface area contributed by atoms with Gasteiger partial charge in [-0.1, -0.05) is 49.3 Å². The molecule has 0 aliphatic rings. The first-order valence-electron chi connectivity index (χ1n) is 12.6. The third-order valence-electron chi connectivity index (χ3n) is 5.71. The predicted octanol–water partition coefficient (Wildman–Crippen LogP) is 4.96. The maximum Gasteiger partial charge on any atom is 0.326 e. The number of rotatable bonds is 15. The molecule has 0 heterocycles. The number of methoxy groups -OCH3 is 2. The molecule has 2 atom stereocenters. The van der Waals surface area contributed by atoms with E-state index in [9.17, 15) is 29.4 Å². The zero-order valence-electron chi connectivity index (χ0n) is 23.3. The number of hydrogen-bond acceptors (Lipinski definition) is 8. The number of aliphatic carboxylic acids is 2. The largest absolute Gasteiger partial charge is 0.497 e. The predicted molar refractivity (Wildman–Crippen MR) is 154 cm³/mol. The Hall–Kier alpha value is -3.38. The number of ether oxygens (including phenoxy) is 2. The van der Waals surface area contributed by atoms with Gasteiger partial charge >= 0.3 is 11.9 Å². The topological polar surface area (TPSA) is 151 Å². The van der Waals surface area contributed by atoms with Crippen molar-refractivity contribution in [3.8, 4) is 11.5 Å². The first kappa shape index (κ1) is 32.8. The summed E-state index contributed by atoms with van der Waals surface area (Å²) in [5.41, 5.74) is 0.482. The van der Waals surface area contributed by atoms with Crippen molar-refractivity contribution in [2.24, 2.45) is 11.8 Å². The molecule has 0 aliphatic heterocycles. The fraction of sp³-hybridized carbons (Fsp3) is 0.429. The second kappa shape index (κ2) is 15.4. The average molecular weight is 593 g/mol. The summed E-state index contributed by atoms with van der Waals surface area (Å²) in [6, 6.07) is 7.49. The van der Waals surface area contributed by atoms with Crippen LogP contribution in [0.1, 0.15) is 61.3 Å². The monoisotopic (exact) mass is 592 g/mol. The van der Waals surface area contributed by atoms with Crippen LogP contribution in [0.15, 0.2) is 46.2 Å². The molecule has 218 valence electrons. The fourth-order valence-corrected chi connectivity index (χ4v) is 6.10. The number of hydrogen-bond donors (Lipinski definition) is 4. The van der Waals surface area contributed by atoms with Crippen molar-refractivity contribution in [1.82, 2.24) is 10.6 Å². The van der Waals surface area contributed by atoms with Gasteiger partial charge in [-0.05, 0) is 61.1 Å². The smallest absolute Gasteiger partial charge is 0.326 e. The van der Waals surface area contributed by atoms with E-state index in [-0.39, 0.29) is 35.8 Å². The molecule has 0 aromatic heterocycles. The minimum Gasteiger partial charge on any atom is -0.497 e. The Morgan fingerprint density at radius 3 is 1.32 bits per heavy atom. The number of nitrogens with one attached hydrogen (secondary N) is 2. The fourth-order valence-electron chi connectivity index (χ4n) is 3.72. The number of carboxylic acid groups (broad SMARTS) is 2. The van der Waals surface area contributed by atoms with Gasteiger partial charge in [0.1, 0.15) is 23.6 Å². The van der Waals surface area contributed by atoms with Crippen LogP contribution < -0.4 is 20.1 Å². The Labute approximate surface area is 242 Å². The van der Waals surface area contributed by atoms with Gasteiger partial charge in [-0.3, -0.25) is 9.59 Å². The minimum absolute atomic E-state index is 0.0561. The Morgan fingerprint density at radius 2 is 1.05 bits per heavy atom. The lowest BCUT2D eigenvalue weighted by Crippen LogP contribution is -2.41. The van der Waals surface area contributed by atoms with Crippen LogP contribution in [0.5, 0.6) is 11.5 Å². The highest BCUT2D eigenvalue weighted by molar-refractivity contribution is 8.76. The van der Waals surface area contributed by atoms with Crippen molar-refractivity contribution in [3.05, 3.63) is 47.5 Å². The van der Waals surface area contributed by atoms with Crippen LogP contribution in [-0.4, -0.2) is 60.3 Å². The molecule has 0 radical (unpaired) electrons. The SMILES string of the molecule is COc1ccc(C(=O)N[C@@H](CC(C)C)C(=O)O)c(SSc2cc(OC)ccc2C(=O)N[C@@H](CC(C)C)C(=O)O)c1. The van der Waals surface area contributed by atoms with Crippen molar-refractivity contribution in [3.63, 3.8) is 0 Å². The highest BCUT2D eigenvalue weighted by Crippen LogP contribution is 2.43. The van der Waals surface area contributed by atoms with Crippen molar-refractivity contribution in [1.29, 1.82) is 0 Å². The van der Waals surface area contributed by atoms with E-state index in [1.807, 2.05) is 27.7 Å². The molecule has 0 fully saturated rings. The molecule has 2 rings (SSSR count). The molecular weight excluding hydrogens is 556 g/mol. The van der Waals surface area contributed by atoms with Crippen LogP contribution in [0, 0.1) is 11.8 Å². The third kappa shape index (κ3) is 9.67. The highest BCUT2D eigenvalue weighted by Gasteiger charge is 2.25. The van der Waals surface area contributed by atoms with Crippen LogP contribution >= 0.6 is 21.6 Å². The van der Waals surface area contributed by atoms with Gasteiger partial charge in [0.2, 0.25) is 0 Å². The van der Waals surface area contributed by atoms with Gasteiger partial charge in [-0.25, -0.2) is 9.59 Å². The zero-order chi connectivity index (χ0) is 30.0. The van der Waals surface area contributed by atoms with Gasteiger partial charge in [-0.15, -0.1) is 0 Å². The van der Waals surface area contributed by atoms with Gasteiger partial charge in [-0.2, -0.15) is 0 Å². The Morgan fingerprint density at radius 1 is 0.700 bits per heavy atom. The molecule has 0 spiro atoms. The van der Waals surface area contributed by atoms with E-state index in [0.717, 1.165) is 0 Å². The van der Waals surface area contributed by atoms with Gasteiger partial charge in [0.15, 0.2) is 0 Å². The lowest BCUT2D eigenvalue weighted by atomic mass is 10.0. The molecule has 0 unspecified atom stereocenters. The Bertz CT molecular complexity index is 1130. The summed E-state index contributed by atoms with van der Waals surface area (Å²) in [5, 5.41) is 24.3. The van der Waals surface area contributed by atoms with E-state index in [1.165, 1.54) is 35.8 Å². The van der Waals surface area contributed by atoms with E-state index >= 15 is 0 Å². The molecule has 4 N–H and O–H groups in total. The second-order valence-corrected chi connectivity index (χ2v) is 12.1. The molecule has 0 saturated carbocycles. The molecule has 40 heavy (non-hydrogen) atoms. The van der Waals surface area contributed by atoms with Gasteiger partial charge in [0, 0.05) is 9.79 Å². The molecule has 0 aliphatic carbocycles.